The summed E-state index contributed by atoms with van der Waals surface area (Å²) in [5.74, 6) is -4.08. The SMILES string of the molecule is COc1ncc(C2CN(C(=O)OC(C)(C)C)CCC2(F)F)cc1C(C)(C)O. The van der Waals surface area contributed by atoms with Crippen LogP contribution in [0.25, 0.3) is 0 Å². The molecule has 1 saturated heterocycles. The minimum Gasteiger partial charge on any atom is -0.481 e. The third kappa shape index (κ3) is 5.06. The number of pyridine rings is 1. The highest BCUT2D eigenvalue weighted by atomic mass is 19.3. The summed E-state index contributed by atoms with van der Waals surface area (Å²) in [4.78, 5) is 17.7. The smallest absolute Gasteiger partial charge is 0.410 e. The molecule has 1 fully saturated rings. The van der Waals surface area contributed by atoms with Crippen LogP contribution < -0.4 is 4.74 Å². The normalized spacial score (nSPS) is 20.3. The van der Waals surface area contributed by atoms with E-state index in [9.17, 15) is 18.7 Å². The number of aliphatic hydroxyl groups is 1. The van der Waals surface area contributed by atoms with Gasteiger partial charge in [0.15, 0.2) is 0 Å². The number of carbonyl (C=O) groups excluding carboxylic acids is 1. The minimum absolute atomic E-state index is 0.0830. The second kappa shape index (κ2) is 7.22. The van der Waals surface area contributed by atoms with Crippen LogP contribution in [-0.2, 0) is 10.3 Å². The lowest BCUT2D eigenvalue weighted by molar-refractivity contribution is -0.0773. The summed E-state index contributed by atoms with van der Waals surface area (Å²) >= 11 is 0. The van der Waals surface area contributed by atoms with Gasteiger partial charge in [0.2, 0.25) is 5.88 Å². The lowest BCUT2D eigenvalue weighted by Crippen LogP contribution is -2.49. The van der Waals surface area contributed by atoms with E-state index in [-0.39, 0.29) is 24.5 Å². The van der Waals surface area contributed by atoms with Crippen molar-refractivity contribution < 1.29 is 28.2 Å². The van der Waals surface area contributed by atoms with Gasteiger partial charge in [-0.2, -0.15) is 0 Å². The fourth-order valence-corrected chi connectivity index (χ4v) is 3.00. The molecule has 0 spiro atoms. The molecule has 1 unspecified atom stereocenters. The number of hydrogen-bond donors (Lipinski definition) is 1. The predicted octanol–water partition coefficient (Wildman–Crippen LogP) is 3.68. The molecule has 152 valence electrons. The average molecular weight is 386 g/mol. The first kappa shape index (κ1) is 21.3. The topological polar surface area (TPSA) is 71.9 Å². The van der Waals surface area contributed by atoms with Gasteiger partial charge in [-0.05, 0) is 46.2 Å². The second-order valence-electron chi connectivity index (χ2n) is 8.37. The van der Waals surface area contributed by atoms with Crippen LogP contribution in [0.1, 0.15) is 58.1 Å². The van der Waals surface area contributed by atoms with E-state index in [4.69, 9.17) is 9.47 Å². The summed E-state index contributed by atoms with van der Waals surface area (Å²) < 4.78 is 39.7. The highest BCUT2D eigenvalue weighted by molar-refractivity contribution is 5.68. The molecule has 1 amide bonds. The molecule has 0 bridgehead atoms. The Hall–Kier alpha value is -1.96. The first-order chi connectivity index (χ1) is 12.2. The van der Waals surface area contributed by atoms with Gasteiger partial charge in [-0.1, -0.05) is 0 Å². The summed E-state index contributed by atoms with van der Waals surface area (Å²) in [5, 5.41) is 10.3. The number of likely N-dealkylation sites (tertiary alicyclic amines) is 1. The molecule has 1 aliphatic rings. The van der Waals surface area contributed by atoms with E-state index in [1.165, 1.54) is 38.1 Å². The highest BCUT2D eigenvalue weighted by Gasteiger charge is 2.47. The molecule has 6 nitrogen and oxygen atoms in total. The molecule has 0 radical (unpaired) electrons. The predicted molar refractivity (Wildman–Crippen MR) is 96.1 cm³/mol. The second-order valence-corrected chi connectivity index (χ2v) is 8.37. The van der Waals surface area contributed by atoms with Gasteiger partial charge in [-0.3, -0.25) is 0 Å². The summed E-state index contributed by atoms with van der Waals surface area (Å²) in [5.41, 5.74) is -1.47. The van der Waals surface area contributed by atoms with Crippen molar-refractivity contribution in [1.29, 1.82) is 0 Å². The van der Waals surface area contributed by atoms with Gasteiger partial charge < -0.3 is 19.5 Å². The molecule has 0 aromatic carbocycles. The number of alkyl halides is 2. The number of methoxy groups -OCH3 is 1. The van der Waals surface area contributed by atoms with Crippen LogP contribution in [0.3, 0.4) is 0 Å². The van der Waals surface area contributed by atoms with E-state index in [1.54, 1.807) is 20.8 Å². The molecule has 1 aromatic rings. The number of rotatable bonds is 3. The molecule has 27 heavy (non-hydrogen) atoms. The average Bonchev–Trinajstić information content (AvgIpc) is 2.51. The highest BCUT2D eigenvalue weighted by Crippen LogP contribution is 2.42. The van der Waals surface area contributed by atoms with Gasteiger partial charge in [0.25, 0.3) is 5.92 Å². The van der Waals surface area contributed by atoms with E-state index in [0.717, 1.165) is 0 Å². The zero-order valence-electron chi connectivity index (χ0n) is 16.7. The Bertz CT molecular complexity index is 696. The molecular formula is C19H28F2N2O4. The van der Waals surface area contributed by atoms with Crippen LogP contribution in [-0.4, -0.2) is 52.8 Å². The Kier molecular flexibility index (Phi) is 5.71. The quantitative estimate of drug-likeness (QED) is 0.858. The third-order valence-electron chi connectivity index (χ3n) is 4.41. The molecule has 1 aromatic heterocycles. The largest absolute Gasteiger partial charge is 0.481 e. The van der Waals surface area contributed by atoms with Gasteiger partial charge in [-0.25, -0.2) is 18.6 Å². The third-order valence-corrected chi connectivity index (χ3v) is 4.41. The van der Waals surface area contributed by atoms with Crippen LogP contribution >= 0.6 is 0 Å². The van der Waals surface area contributed by atoms with Crippen molar-refractivity contribution >= 4 is 6.09 Å². The van der Waals surface area contributed by atoms with Crippen LogP contribution in [0.2, 0.25) is 0 Å². The van der Waals surface area contributed by atoms with Gasteiger partial charge in [-0.15, -0.1) is 0 Å². The molecule has 8 heteroatoms. The monoisotopic (exact) mass is 386 g/mol. The van der Waals surface area contributed by atoms with E-state index < -0.39 is 35.6 Å². The summed E-state index contributed by atoms with van der Waals surface area (Å²) in [7, 11) is 1.40. The maximum atomic E-state index is 14.6. The number of carbonyl (C=O) groups is 1. The molecular weight excluding hydrogens is 358 g/mol. The van der Waals surface area contributed by atoms with E-state index in [2.05, 4.69) is 4.98 Å². The fraction of sp³-hybridized carbons (Fsp3) is 0.684. The summed E-state index contributed by atoms with van der Waals surface area (Å²) in [6, 6.07) is 1.48. The van der Waals surface area contributed by atoms with Crippen LogP contribution in [0, 0.1) is 0 Å². The van der Waals surface area contributed by atoms with Crippen molar-refractivity contribution in [1.82, 2.24) is 9.88 Å². The van der Waals surface area contributed by atoms with Gasteiger partial charge in [0.1, 0.15) is 5.60 Å². The van der Waals surface area contributed by atoms with Gasteiger partial charge in [0, 0.05) is 31.3 Å². The van der Waals surface area contributed by atoms with E-state index >= 15 is 0 Å². The number of halogens is 2. The Morgan fingerprint density at radius 2 is 1.96 bits per heavy atom. The zero-order chi connectivity index (χ0) is 20.6. The molecule has 0 saturated carbocycles. The maximum absolute atomic E-state index is 14.6. The number of piperidine rings is 1. The first-order valence-corrected chi connectivity index (χ1v) is 8.87. The number of hydrogen-bond acceptors (Lipinski definition) is 5. The van der Waals surface area contributed by atoms with Crippen molar-refractivity contribution in [2.24, 2.45) is 0 Å². The van der Waals surface area contributed by atoms with Crippen molar-refractivity contribution in [3.05, 3.63) is 23.4 Å². The van der Waals surface area contributed by atoms with Gasteiger partial charge in [0.05, 0.1) is 18.6 Å². The lowest BCUT2D eigenvalue weighted by Gasteiger charge is -2.39. The standard InChI is InChI=1S/C19H28F2N2O4/c1-17(2,3)27-16(24)23-8-7-19(20,21)14(11-23)12-9-13(18(4,5)25)15(26-6)22-10-12/h9-10,14,25H,7-8,11H2,1-6H3. The number of nitrogens with zero attached hydrogens (tertiary/aromatic N) is 2. The summed E-state index contributed by atoms with van der Waals surface area (Å²) in [6.07, 6.45) is 0.221. The molecule has 2 heterocycles. The van der Waals surface area contributed by atoms with Crippen molar-refractivity contribution in [2.45, 2.75) is 64.1 Å². The number of ether oxygens (including phenoxy) is 2. The molecule has 1 atom stereocenters. The Balaban J connectivity index is 2.35. The minimum atomic E-state index is -3.01. The number of aromatic nitrogens is 1. The van der Waals surface area contributed by atoms with Crippen LogP contribution in [0.5, 0.6) is 5.88 Å². The van der Waals surface area contributed by atoms with Crippen LogP contribution in [0.15, 0.2) is 12.3 Å². The zero-order valence-corrected chi connectivity index (χ0v) is 16.7. The van der Waals surface area contributed by atoms with Crippen molar-refractivity contribution in [3.63, 3.8) is 0 Å². The Labute approximate surface area is 158 Å². The molecule has 1 N–H and O–H groups in total. The molecule has 0 aliphatic carbocycles. The van der Waals surface area contributed by atoms with Crippen molar-refractivity contribution in [2.75, 3.05) is 20.2 Å². The first-order valence-electron chi connectivity index (χ1n) is 8.87. The van der Waals surface area contributed by atoms with Crippen molar-refractivity contribution in [3.8, 4) is 5.88 Å². The Morgan fingerprint density at radius 3 is 2.48 bits per heavy atom. The number of amides is 1. The van der Waals surface area contributed by atoms with Gasteiger partial charge >= 0.3 is 6.09 Å². The summed E-state index contributed by atoms with van der Waals surface area (Å²) in [6.45, 7) is 7.96. The Morgan fingerprint density at radius 1 is 1.33 bits per heavy atom. The molecule has 2 rings (SSSR count). The lowest BCUT2D eigenvalue weighted by atomic mass is 9.86. The fourth-order valence-electron chi connectivity index (χ4n) is 3.00. The maximum Gasteiger partial charge on any atom is 0.410 e. The van der Waals surface area contributed by atoms with E-state index in [0.29, 0.717) is 5.56 Å². The van der Waals surface area contributed by atoms with E-state index in [1.807, 2.05) is 0 Å². The molecule has 1 aliphatic heterocycles. The van der Waals surface area contributed by atoms with Crippen LogP contribution in [0.4, 0.5) is 13.6 Å².